The summed E-state index contributed by atoms with van der Waals surface area (Å²) in [4.78, 5) is 0. The molecule has 3 nitrogen and oxygen atoms in total. The van der Waals surface area contributed by atoms with Gasteiger partial charge in [0, 0.05) is 22.4 Å². The molecule has 0 unspecified atom stereocenters. The molecule has 0 aliphatic carbocycles. The van der Waals surface area contributed by atoms with Crippen LogP contribution in [-0.4, -0.2) is 12.6 Å². The average molecular weight is 309 g/mol. The Kier molecular flexibility index (Phi) is 2.97. The quantitative estimate of drug-likeness (QED) is 0.758. The van der Waals surface area contributed by atoms with Crippen molar-refractivity contribution in [1.29, 1.82) is 0 Å². The molecule has 1 N–H and O–H groups in total. The van der Waals surface area contributed by atoms with E-state index in [0.717, 1.165) is 24.9 Å². The first kappa shape index (κ1) is 13.7. The molecule has 116 valence electrons. The van der Waals surface area contributed by atoms with Crippen LogP contribution in [0, 0.1) is 0 Å². The number of rotatable bonds is 2. The van der Waals surface area contributed by atoms with E-state index in [9.17, 15) is 13.2 Å². The summed E-state index contributed by atoms with van der Waals surface area (Å²) >= 11 is 0. The van der Waals surface area contributed by atoms with Gasteiger partial charge in [-0.1, -0.05) is 0 Å². The number of halogens is 3. The van der Waals surface area contributed by atoms with Gasteiger partial charge in [-0.05, 0) is 37.9 Å². The molecule has 1 aliphatic heterocycles. The van der Waals surface area contributed by atoms with Crippen molar-refractivity contribution in [1.82, 2.24) is 5.32 Å². The lowest BCUT2D eigenvalue weighted by molar-refractivity contribution is -0.135. The fourth-order valence-corrected chi connectivity index (χ4v) is 3.39. The molecule has 0 amide bonds. The zero-order chi connectivity index (χ0) is 15.3. The number of hydrogen-bond donors (Lipinski definition) is 1. The number of furan rings is 2. The van der Waals surface area contributed by atoms with Gasteiger partial charge in [0.05, 0.1) is 12.5 Å². The highest BCUT2D eigenvalue weighted by Gasteiger charge is 2.38. The third-order valence-corrected chi connectivity index (χ3v) is 4.32. The molecule has 1 aliphatic rings. The van der Waals surface area contributed by atoms with Gasteiger partial charge in [-0.2, -0.15) is 13.2 Å². The summed E-state index contributed by atoms with van der Waals surface area (Å²) in [5.74, 6) is 0. The molecule has 0 spiro atoms. The summed E-state index contributed by atoms with van der Waals surface area (Å²) in [5, 5.41) is 3.93. The Bertz CT molecular complexity index is 773. The first-order valence-corrected chi connectivity index (χ1v) is 7.25. The van der Waals surface area contributed by atoms with Gasteiger partial charge < -0.3 is 14.2 Å². The summed E-state index contributed by atoms with van der Waals surface area (Å²) in [5.41, 5.74) is 0.250. The third kappa shape index (κ3) is 2.01. The van der Waals surface area contributed by atoms with Crippen molar-refractivity contribution in [3.05, 3.63) is 35.8 Å². The maximum Gasteiger partial charge on any atom is 0.420 e. The lowest BCUT2D eigenvalue weighted by Gasteiger charge is -2.14. The summed E-state index contributed by atoms with van der Waals surface area (Å²) in [6.07, 6.45) is 0.874. The van der Waals surface area contributed by atoms with Gasteiger partial charge in [0.25, 0.3) is 0 Å². The Hall–Kier alpha value is -1.95. The van der Waals surface area contributed by atoms with Crippen molar-refractivity contribution in [2.75, 3.05) is 6.54 Å². The molecule has 22 heavy (non-hydrogen) atoms. The van der Waals surface area contributed by atoms with Crippen molar-refractivity contribution in [3.63, 3.8) is 0 Å². The molecule has 0 bridgehead atoms. The molecule has 1 saturated heterocycles. The number of alkyl halides is 3. The van der Waals surface area contributed by atoms with E-state index >= 15 is 0 Å². The van der Waals surface area contributed by atoms with Gasteiger partial charge in [0.2, 0.25) is 0 Å². The fraction of sp³-hybridized carbons (Fsp3) is 0.375. The molecule has 1 atom stereocenters. The van der Waals surface area contributed by atoms with Crippen LogP contribution < -0.4 is 5.32 Å². The second-order valence-electron chi connectivity index (χ2n) is 5.68. The fourth-order valence-electron chi connectivity index (χ4n) is 3.39. The van der Waals surface area contributed by atoms with E-state index in [2.05, 4.69) is 5.32 Å². The Labute approximate surface area is 124 Å². The Morgan fingerprint density at radius 2 is 1.82 bits per heavy atom. The Morgan fingerprint density at radius 3 is 2.50 bits per heavy atom. The first-order valence-electron chi connectivity index (χ1n) is 7.25. The van der Waals surface area contributed by atoms with E-state index in [4.69, 9.17) is 8.83 Å². The summed E-state index contributed by atoms with van der Waals surface area (Å²) in [7, 11) is 0. The predicted octanol–water partition coefficient (Wildman–Crippen LogP) is 4.49. The summed E-state index contributed by atoms with van der Waals surface area (Å²) in [6, 6.07) is 3.23. The highest BCUT2D eigenvalue weighted by molar-refractivity contribution is 6.01. The van der Waals surface area contributed by atoms with Crippen molar-refractivity contribution in [2.45, 2.75) is 31.5 Å². The maximum absolute atomic E-state index is 13.4. The van der Waals surface area contributed by atoms with Crippen LogP contribution in [-0.2, 0) is 12.6 Å². The lowest BCUT2D eigenvalue weighted by atomic mass is 9.96. The van der Waals surface area contributed by atoms with E-state index in [0.29, 0.717) is 17.4 Å². The molecule has 1 fully saturated rings. The van der Waals surface area contributed by atoms with Crippen molar-refractivity contribution in [2.24, 2.45) is 0 Å². The number of hydrogen-bond acceptors (Lipinski definition) is 3. The Morgan fingerprint density at radius 1 is 1.09 bits per heavy atom. The minimum atomic E-state index is -4.48. The van der Waals surface area contributed by atoms with E-state index < -0.39 is 11.7 Å². The van der Waals surface area contributed by atoms with Gasteiger partial charge in [0.15, 0.2) is 0 Å². The Balaban J connectivity index is 1.99. The van der Waals surface area contributed by atoms with Crippen LogP contribution in [0.5, 0.6) is 0 Å². The number of fused-ring (bicyclic) bond motifs is 2. The molecular weight excluding hydrogens is 295 g/mol. The van der Waals surface area contributed by atoms with E-state index in [1.807, 2.05) is 0 Å². The average Bonchev–Trinajstić information content (AvgIpc) is 3.17. The van der Waals surface area contributed by atoms with Gasteiger partial charge in [-0.15, -0.1) is 0 Å². The summed E-state index contributed by atoms with van der Waals surface area (Å²) < 4.78 is 50.9. The van der Waals surface area contributed by atoms with Gasteiger partial charge in [0.1, 0.15) is 16.7 Å². The van der Waals surface area contributed by atoms with Gasteiger partial charge in [-0.25, -0.2) is 0 Å². The van der Waals surface area contributed by atoms with Crippen LogP contribution in [0.1, 0.15) is 24.0 Å². The third-order valence-electron chi connectivity index (χ3n) is 4.32. The number of nitrogens with one attached hydrogen (secondary N) is 1. The van der Waals surface area contributed by atoms with Crippen LogP contribution in [0.4, 0.5) is 13.2 Å². The van der Waals surface area contributed by atoms with Crippen molar-refractivity contribution in [3.8, 4) is 0 Å². The standard InChI is InChI=1S/C16H14F3NO2/c17-16(18,19)13-11-4-7-21-14(11)12(8-9-2-1-5-20-9)10-3-6-22-15(10)13/h3-4,6-7,9,20H,1-2,5,8H2/t9-/m0/s1. The SMILES string of the molecule is FC(F)(F)c1c2ccoc2c(C[C@@H]2CCCN2)c2ccoc12. The molecule has 1 aromatic carbocycles. The zero-order valence-corrected chi connectivity index (χ0v) is 11.7. The van der Waals surface area contributed by atoms with Crippen LogP contribution in [0.3, 0.4) is 0 Å². The summed E-state index contributed by atoms with van der Waals surface area (Å²) in [6.45, 7) is 0.946. The van der Waals surface area contributed by atoms with Gasteiger partial charge >= 0.3 is 6.18 Å². The maximum atomic E-state index is 13.4. The van der Waals surface area contributed by atoms with Gasteiger partial charge in [-0.3, -0.25) is 0 Å². The monoisotopic (exact) mass is 309 g/mol. The van der Waals surface area contributed by atoms with Crippen LogP contribution in [0.2, 0.25) is 0 Å². The van der Waals surface area contributed by atoms with E-state index in [-0.39, 0.29) is 17.0 Å². The van der Waals surface area contributed by atoms with Crippen LogP contribution in [0.15, 0.2) is 33.5 Å². The normalized spacial score (nSPS) is 19.5. The first-order chi connectivity index (χ1) is 10.6. The molecule has 0 saturated carbocycles. The predicted molar refractivity (Wildman–Crippen MR) is 75.7 cm³/mol. The molecule has 0 radical (unpaired) electrons. The molecule has 3 heterocycles. The van der Waals surface area contributed by atoms with Crippen LogP contribution in [0.25, 0.3) is 21.9 Å². The van der Waals surface area contributed by atoms with Crippen molar-refractivity contribution < 1.29 is 22.0 Å². The second kappa shape index (κ2) is 4.78. The van der Waals surface area contributed by atoms with E-state index in [1.54, 1.807) is 6.07 Å². The lowest BCUT2D eigenvalue weighted by Crippen LogP contribution is -2.23. The topological polar surface area (TPSA) is 38.3 Å². The molecule has 2 aromatic heterocycles. The van der Waals surface area contributed by atoms with Crippen LogP contribution >= 0.6 is 0 Å². The zero-order valence-electron chi connectivity index (χ0n) is 11.7. The minimum Gasteiger partial charge on any atom is -0.464 e. The highest BCUT2D eigenvalue weighted by Crippen LogP contribution is 2.43. The highest BCUT2D eigenvalue weighted by atomic mass is 19.4. The smallest absolute Gasteiger partial charge is 0.420 e. The molecular formula is C16H14F3NO2. The largest absolute Gasteiger partial charge is 0.464 e. The molecule has 6 heteroatoms. The second-order valence-corrected chi connectivity index (χ2v) is 5.68. The minimum absolute atomic E-state index is 0.0722. The molecule has 3 aromatic rings. The van der Waals surface area contributed by atoms with E-state index in [1.165, 1.54) is 18.6 Å². The molecule has 4 rings (SSSR count). The van der Waals surface area contributed by atoms with Crippen molar-refractivity contribution >= 4 is 21.9 Å². The number of benzene rings is 1.